The molecule has 7 heteroatoms. The Balaban J connectivity index is 1.49. The number of aromatic nitrogens is 2. The molecular weight excluding hydrogens is 416 g/mol. The molecule has 176 valence electrons. The largest absolute Gasteiger partial charge is 0.481 e. The molecular formula is C26H34N4O3. The molecule has 33 heavy (non-hydrogen) atoms. The SMILES string of the molecule is Cc1nc(N)c2c(n1)OC(C)(C)C(c1ccc(C3CCC(CC(C)(C)C(=O)O)CC3)cc1)=N2. The molecule has 0 unspecified atom stereocenters. The fourth-order valence-corrected chi connectivity index (χ4v) is 5.11. The summed E-state index contributed by atoms with van der Waals surface area (Å²) in [5.74, 6) is 1.60. The Hall–Kier alpha value is -2.96. The lowest BCUT2D eigenvalue weighted by molar-refractivity contribution is -0.148. The molecule has 1 fully saturated rings. The molecule has 0 bridgehead atoms. The smallest absolute Gasteiger partial charge is 0.309 e. The van der Waals surface area contributed by atoms with Crippen LogP contribution in [0.2, 0.25) is 0 Å². The Morgan fingerprint density at radius 1 is 1.15 bits per heavy atom. The molecule has 1 saturated carbocycles. The van der Waals surface area contributed by atoms with Crippen LogP contribution >= 0.6 is 0 Å². The van der Waals surface area contributed by atoms with Gasteiger partial charge in [0.2, 0.25) is 5.88 Å². The molecule has 1 aliphatic carbocycles. The number of hydrogen-bond donors (Lipinski definition) is 2. The number of carboxylic acid groups (broad SMARTS) is 1. The van der Waals surface area contributed by atoms with Crippen molar-refractivity contribution in [2.24, 2.45) is 16.3 Å². The van der Waals surface area contributed by atoms with E-state index in [0.29, 0.717) is 35.0 Å². The van der Waals surface area contributed by atoms with Gasteiger partial charge in [0.05, 0.1) is 11.1 Å². The van der Waals surface area contributed by atoms with Gasteiger partial charge in [-0.25, -0.2) is 9.98 Å². The molecule has 2 aromatic rings. The van der Waals surface area contributed by atoms with E-state index < -0.39 is 17.0 Å². The zero-order valence-corrected chi connectivity index (χ0v) is 20.2. The van der Waals surface area contributed by atoms with E-state index in [-0.39, 0.29) is 0 Å². The standard InChI is InChI=1S/C26H34N4O3/c1-15-28-22(27)20-23(29-15)33-26(4,5)21(30-20)19-12-10-18(11-13-19)17-8-6-16(7-9-17)14-25(2,3)24(31)32/h10-13,16-17H,6-9,14H2,1-5H3,(H,31,32)(H2,27,28,29). The molecule has 0 atom stereocenters. The van der Waals surface area contributed by atoms with Gasteiger partial charge in [0.1, 0.15) is 11.4 Å². The van der Waals surface area contributed by atoms with Crippen LogP contribution in [0.15, 0.2) is 29.3 Å². The molecule has 0 amide bonds. The third-order valence-corrected chi connectivity index (χ3v) is 7.02. The summed E-state index contributed by atoms with van der Waals surface area (Å²) in [6, 6.07) is 8.58. The number of aliphatic carboxylic acids is 1. The van der Waals surface area contributed by atoms with Crippen LogP contribution in [0.5, 0.6) is 5.88 Å². The van der Waals surface area contributed by atoms with E-state index in [1.54, 1.807) is 6.92 Å². The van der Waals surface area contributed by atoms with Gasteiger partial charge in [-0.1, -0.05) is 24.3 Å². The normalized spacial score (nSPS) is 22.2. The van der Waals surface area contributed by atoms with E-state index in [0.717, 1.165) is 43.4 Å². The van der Waals surface area contributed by atoms with Crippen LogP contribution in [0.25, 0.3) is 0 Å². The first-order valence-corrected chi connectivity index (χ1v) is 11.7. The molecule has 1 aromatic heterocycles. The van der Waals surface area contributed by atoms with Crippen LogP contribution in [-0.2, 0) is 4.79 Å². The molecule has 7 nitrogen and oxygen atoms in total. The lowest BCUT2D eigenvalue weighted by atomic mass is 9.72. The lowest BCUT2D eigenvalue weighted by Crippen LogP contribution is -2.41. The lowest BCUT2D eigenvalue weighted by Gasteiger charge is -2.33. The number of benzene rings is 1. The Morgan fingerprint density at radius 2 is 1.79 bits per heavy atom. The molecule has 0 saturated heterocycles. The van der Waals surface area contributed by atoms with Crippen molar-refractivity contribution in [2.75, 3.05) is 5.73 Å². The van der Waals surface area contributed by atoms with E-state index in [2.05, 4.69) is 34.2 Å². The number of anilines is 1. The average molecular weight is 451 g/mol. The minimum Gasteiger partial charge on any atom is -0.481 e. The number of carbonyl (C=O) groups is 1. The summed E-state index contributed by atoms with van der Waals surface area (Å²) in [6.45, 7) is 9.41. The summed E-state index contributed by atoms with van der Waals surface area (Å²) in [7, 11) is 0. The fourth-order valence-electron chi connectivity index (χ4n) is 5.11. The molecule has 1 aliphatic heterocycles. The average Bonchev–Trinajstić information content (AvgIpc) is 2.73. The summed E-state index contributed by atoms with van der Waals surface area (Å²) < 4.78 is 6.16. The first kappa shape index (κ1) is 23.2. The first-order chi connectivity index (χ1) is 15.5. The topological polar surface area (TPSA) is 111 Å². The van der Waals surface area contributed by atoms with Crippen LogP contribution in [0, 0.1) is 18.3 Å². The number of hydrogen-bond acceptors (Lipinski definition) is 6. The van der Waals surface area contributed by atoms with Crippen molar-refractivity contribution in [3.63, 3.8) is 0 Å². The van der Waals surface area contributed by atoms with Gasteiger partial charge < -0.3 is 15.6 Å². The molecule has 3 N–H and O–H groups in total. The maximum Gasteiger partial charge on any atom is 0.309 e. The van der Waals surface area contributed by atoms with Crippen molar-refractivity contribution >= 4 is 23.2 Å². The van der Waals surface area contributed by atoms with Crippen LogP contribution in [0.1, 0.15) is 82.7 Å². The van der Waals surface area contributed by atoms with E-state index in [1.165, 1.54) is 5.56 Å². The number of rotatable bonds is 5. The number of carboxylic acids is 1. The Morgan fingerprint density at radius 3 is 2.39 bits per heavy atom. The third kappa shape index (κ3) is 4.72. The van der Waals surface area contributed by atoms with Gasteiger partial charge in [-0.3, -0.25) is 4.79 Å². The third-order valence-electron chi connectivity index (χ3n) is 7.02. The zero-order valence-electron chi connectivity index (χ0n) is 20.2. The van der Waals surface area contributed by atoms with Gasteiger partial charge in [-0.2, -0.15) is 4.98 Å². The molecule has 2 heterocycles. The number of fused-ring (bicyclic) bond motifs is 1. The van der Waals surface area contributed by atoms with Crippen LogP contribution in [0.3, 0.4) is 0 Å². The second-order valence-electron chi connectivity index (χ2n) is 10.6. The molecule has 1 aromatic carbocycles. The summed E-state index contributed by atoms with van der Waals surface area (Å²) in [5.41, 5.74) is 8.40. The number of aryl methyl sites for hydroxylation is 1. The van der Waals surface area contributed by atoms with Crippen LogP contribution in [-0.4, -0.2) is 32.4 Å². The van der Waals surface area contributed by atoms with Gasteiger partial charge in [-0.15, -0.1) is 0 Å². The van der Waals surface area contributed by atoms with Crippen molar-refractivity contribution < 1.29 is 14.6 Å². The summed E-state index contributed by atoms with van der Waals surface area (Å²) >= 11 is 0. The number of nitrogens with two attached hydrogens (primary N) is 1. The van der Waals surface area contributed by atoms with Crippen molar-refractivity contribution in [2.45, 2.75) is 78.2 Å². The second-order valence-corrected chi connectivity index (χ2v) is 10.6. The predicted molar refractivity (Wildman–Crippen MR) is 129 cm³/mol. The van der Waals surface area contributed by atoms with Gasteiger partial charge in [0.15, 0.2) is 11.5 Å². The van der Waals surface area contributed by atoms with E-state index in [1.807, 2.05) is 27.7 Å². The highest BCUT2D eigenvalue weighted by Gasteiger charge is 2.36. The number of nitrogen functional groups attached to an aromatic ring is 1. The zero-order chi connectivity index (χ0) is 24.0. The van der Waals surface area contributed by atoms with Gasteiger partial charge in [0, 0.05) is 5.56 Å². The number of ether oxygens (including phenoxy) is 1. The summed E-state index contributed by atoms with van der Waals surface area (Å²) in [4.78, 5) is 24.8. The fraction of sp³-hybridized carbons (Fsp3) is 0.538. The Bertz CT molecular complexity index is 1080. The quantitative estimate of drug-likeness (QED) is 0.628. The Kier molecular flexibility index (Phi) is 5.93. The molecule has 2 aliphatic rings. The number of aliphatic imine (C=N–C) groups is 1. The van der Waals surface area contributed by atoms with Crippen molar-refractivity contribution in [1.82, 2.24) is 9.97 Å². The van der Waals surface area contributed by atoms with E-state index >= 15 is 0 Å². The van der Waals surface area contributed by atoms with Crippen molar-refractivity contribution in [1.29, 1.82) is 0 Å². The second kappa shape index (κ2) is 8.43. The van der Waals surface area contributed by atoms with Gasteiger partial charge in [-0.05, 0) is 84.1 Å². The maximum absolute atomic E-state index is 11.5. The summed E-state index contributed by atoms with van der Waals surface area (Å²) in [5, 5.41) is 9.42. The molecule has 0 spiro atoms. The number of nitrogens with zero attached hydrogens (tertiary/aromatic N) is 3. The Labute approximate surface area is 195 Å². The van der Waals surface area contributed by atoms with E-state index in [4.69, 9.17) is 15.5 Å². The predicted octanol–water partition coefficient (Wildman–Crippen LogP) is 5.43. The highest BCUT2D eigenvalue weighted by molar-refractivity contribution is 6.09. The molecule has 0 radical (unpaired) electrons. The minimum atomic E-state index is -0.705. The van der Waals surface area contributed by atoms with E-state index in [9.17, 15) is 9.90 Å². The van der Waals surface area contributed by atoms with Crippen molar-refractivity contribution in [3.05, 3.63) is 41.2 Å². The van der Waals surface area contributed by atoms with Crippen LogP contribution in [0.4, 0.5) is 11.5 Å². The highest BCUT2D eigenvalue weighted by Crippen LogP contribution is 2.42. The first-order valence-electron chi connectivity index (χ1n) is 11.7. The van der Waals surface area contributed by atoms with Gasteiger partial charge >= 0.3 is 5.97 Å². The highest BCUT2D eigenvalue weighted by atomic mass is 16.5. The van der Waals surface area contributed by atoms with Crippen molar-refractivity contribution in [3.8, 4) is 5.88 Å². The van der Waals surface area contributed by atoms with Crippen LogP contribution < -0.4 is 10.5 Å². The van der Waals surface area contributed by atoms with Gasteiger partial charge in [0.25, 0.3) is 0 Å². The summed E-state index contributed by atoms with van der Waals surface area (Å²) in [6.07, 6.45) is 5.08. The minimum absolute atomic E-state index is 0.324. The maximum atomic E-state index is 11.5. The molecule has 4 rings (SSSR count). The monoisotopic (exact) mass is 450 g/mol.